The summed E-state index contributed by atoms with van der Waals surface area (Å²) in [5.74, 6) is 2.40. The first-order chi connectivity index (χ1) is 14.8. The van der Waals surface area contributed by atoms with Crippen molar-refractivity contribution in [2.24, 2.45) is 24.3 Å². The molecule has 6 heteroatoms. The predicted molar refractivity (Wildman–Crippen MR) is 126 cm³/mol. The van der Waals surface area contributed by atoms with Crippen LogP contribution in [0.15, 0.2) is 36.8 Å². The van der Waals surface area contributed by atoms with Crippen LogP contribution in [-0.2, 0) is 7.05 Å². The summed E-state index contributed by atoms with van der Waals surface area (Å²) in [4.78, 5) is 11.9. The number of aromatic nitrogens is 4. The Kier molecular flexibility index (Phi) is 5.21. The highest BCUT2D eigenvalue weighted by atomic mass is 15.2. The van der Waals surface area contributed by atoms with Gasteiger partial charge in [0.2, 0.25) is 5.95 Å². The molecule has 1 saturated carbocycles. The molecule has 0 spiro atoms. The van der Waals surface area contributed by atoms with Crippen LogP contribution in [0.4, 0.5) is 5.95 Å². The first-order valence-corrected chi connectivity index (χ1v) is 11.6. The summed E-state index contributed by atoms with van der Waals surface area (Å²) in [6.45, 7) is 10.8. The lowest BCUT2D eigenvalue weighted by atomic mass is 9.92. The zero-order valence-electron chi connectivity index (χ0n) is 19.2. The second-order valence-corrected chi connectivity index (χ2v) is 10.8. The van der Waals surface area contributed by atoms with Crippen LogP contribution in [0.5, 0.6) is 0 Å². The highest BCUT2D eigenvalue weighted by Crippen LogP contribution is 2.39. The molecule has 1 unspecified atom stereocenters. The molecule has 1 saturated heterocycles. The Morgan fingerprint density at radius 3 is 2.42 bits per heavy atom. The van der Waals surface area contributed by atoms with Crippen LogP contribution in [0.1, 0.15) is 40.0 Å². The van der Waals surface area contributed by atoms with Gasteiger partial charge in [-0.2, -0.15) is 5.10 Å². The largest absolute Gasteiger partial charge is 0.351 e. The lowest BCUT2D eigenvalue weighted by Crippen LogP contribution is -2.28. The van der Waals surface area contributed by atoms with Crippen molar-refractivity contribution in [3.05, 3.63) is 36.8 Å². The third-order valence-electron chi connectivity index (χ3n) is 6.94. The standard InChI is InChI=1S/C25H34N6/c1-25(2,3)7-8-31-15-18-10-22(11-19(18)16-31)28-24-26-12-21(13-27-24)17-5-6-23-20(9-17)14-30(4)29-23/h5-6,9,12-14,18-19,22H,7-8,10-11,15-16H2,1-4H3,(H,26,27,28)/t18-,19?,22+/m1/s1. The maximum absolute atomic E-state index is 4.62. The molecule has 164 valence electrons. The van der Waals surface area contributed by atoms with Gasteiger partial charge < -0.3 is 10.2 Å². The summed E-state index contributed by atoms with van der Waals surface area (Å²) >= 11 is 0. The molecule has 3 aromatic rings. The maximum atomic E-state index is 4.62. The van der Waals surface area contributed by atoms with Gasteiger partial charge in [-0.25, -0.2) is 9.97 Å². The molecule has 1 aliphatic carbocycles. The smallest absolute Gasteiger partial charge is 0.222 e. The number of nitrogens with one attached hydrogen (secondary N) is 1. The van der Waals surface area contributed by atoms with Crippen LogP contribution in [0.3, 0.4) is 0 Å². The van der Waals surface area contributed by atoms with Crippen molar-refractivity contribution in [3.8, 4) is 11.1 Å². The number of hydrogen-bond acceptors (Lipinski definition) is 5. The van der Waals surface area contributed by atoms with E-state index in [1.54, 1.807) is 0 Å². The quantitative estimate of drug-likeness (QED) is 0.657. The van der Waals surface area contributed by atoms with Gasteiger partial charge in [-0.3, -0.25) is 4.68 Å². The molecule has 5 rings (SSSR count). The molecule has 1 aliphatic heterocycles. The highest BCUT2D eigenvalue weighted by molar-refractivity contribution is 5.83. The van der Waals surface area contributed by atoms with Gasteiger partial charge in [-0.1, -0.05) is 26.8 Å². The minimum absolute atomic E-state index is 0.426. The lowest BCUT2D eigenvalue weighted by molar-refractivity contribution is 0.250. The van der Waals surface area contributed by atoms with E-state index in [0.29, 0.717) is 11.5 Å². The number of anilines is 1. The number of nitrogens with zero attached hydrogens (tertiary/aromatic N) is 5. The molecular weight excluding hydrogens is 384 g/mol. The SMILES string of the molecule is Cn1cc2cc(-c3cnc(N[C@@H]4CC5CN(CCC(C)(C)C)C[C@H]5C4)nc3)ccc2n1. The fourth-order valence-electron chi connectivity index (χ4n) is 5.25. The van der Waals surface area contributed by atoms with Crippen LogP contribution in [-0.4, -0.2) is 50.3 Å². The molecule has 2 aromatic heterocycles. The van der Waals surface area contributed by atoms with Crippen molar-refractivity contribution in [2.75, 3.05) is 25.0 Å². The minimum atomic E-state index is 0.426. The second-order valence-electron chi connectivity index (χ2n) is 10.8. The third kappa shape index (κ3) is 4.59. The number of benzene rings is 1. The van der Waals surface area contributed by atoms with E-state index >= 15 is 0 Å². The molecule has 0 bridgehead atoms. The Labute approximate surface area is 185 Å². The Morgan fingerprint density at radius 2 is 1.74 bits per heavy atom. The van der Waals surface area contributed by atoms with E-state index in [-0.39, 0.29) is 0 Å². The number of rotatable bonds is 5. The van der Waals surface area contributed by atoms with Crippen LogP contribution >= 0.6 is 0 Å². The molecule has 31 heavy (non-hydrogen) atoms. The Bertz CT molecular complexity index is 1030. The Morgan fingerprint density at radius 1 is 1.03 bits per heavy atom. The van der Waals surface area contributed by atoms with Gasteiger partial charge in [0.15, 0.2) is 0 Å². The average molecular weight is 419 g/mol. The van der Waals surface area contributed by atoms with Crippen molar-refractivity contribution in [1.82, 2.24) is 24.6 Å². The van der Waals surface area contributed by atoms with E-state index in [4.69, 9.17) is 0 Å². The summed E-state index contributed by atoms with van der Waals surface area (Å²) in [6, 6.07) is 6.79. The van der Waals surface area contributed by atoms with Crippen molar-refractivity contribution in [2.45, 2.75) is 46.1 Å². The number of likely N-dealkylation sites (tertiary alicyclic amines) is 1. The zero-order chi connectivity index (χ0) is 21.6. The van der Waals surface area contributed by atoms with Crippen LogP contribution < -0.4 is 5.32 Å². The first kappa shape index (κ1) is 20.4. The third-order valence-corrected chi connectivity index (χ3v) is 6.94. The fraction of sp³-hybridized carbons (Fsp3) is 0.560. The topological polar surface area (TPSA) is 58.9 Å². The van der Waals surface area contributed by atoms with Crippen molar-refractivity contribution < 1.29 is 0 Å². The van der Waals surface area contributed by atoms with E-state index < -0.39 is 0 Å². The van der Waals surface area contributed by atoms with Crippen LogP contribution in [0.25, 0.3) is 22.0 Å². The molecule has 3 heterocycles. The van der Waals surface area contributed by atoms with Crippen molar-refractivity contribution in [1.29, 1.82) is 0 Å². The summed E-state index contributed by atoms with van der Waals surface area (Å²) in [6.07, 6.45) is 9.64. The zero-order valence-corrected chi connectivity index (χ0v) is 19.2. The Hall–Kier alpha value is -2.47. The van der Waals surface area contributed by atoms with Gasteiger partial charge in [0.1, 0.15) is 0 Å². The predicted octanol–water partition coefficient (Wildman–Crippen LogP) is 4.59. The number of aryl methyl sites for hydroxylation is 1. The summed E-state index contributed by atoms with van der Waals surface area (Å²) in [7, 11) is 1.95. The van der Waals surface area contributed by atoms with Crippen LogP contribution in [0.2, 0.25) is 0 Å². The van der Waals surface area contributed by atoms with E-state index in [1.165, 1.54) is 38.9 Å². The fourth-order valence-corrected chi connectivity index (χ4v) is 5.25. The van der Waals surface area contributed by atoms with Crippen LogP contribution in [0, 0.1) is 17.3 Å². The van der Waals surface area contributed by atoms with E-state index in [9.17, 15) is 0 Å². The van der Waals surface area contributed by atoms with Crippen molar-refractivity contribution >= 4 is 16.9 Å². The molecular formula is C25H34N6. The summed E-state index contributed by atoms with van der Waals surface area (Å²) in [5, 5.41) is 9.17. The molecule has 1 N–H and O–H groups in total. The molecule has 6 nitrogen and oxygen atoms in total. The molecule has 3 atom stereocenters. The van der Waals surface area contributed by atoms with Gasteiger partial charge in [0.05, 0.1) is 5.52 Å². The molecule has 0 radical (unpaired) electrons. The van der Waals surface area contributed by atoms with Gasteiger partial charge in [0, 0.05) is 55.7 Å². The van der Waals surface area contributed by atoms with Gasteiger partial charge in [0.25, 0.3) is 0 Å². The molecule has 0 amide bonds. The van der Waals surface area contributed by atoms with Gasteiger partial charge in [-0.05, 0) is 60.8 Å². The normalized spacial score (nSPS) is 24.1. The highest BCUT2D eigenvalue weighted by Gasteiger charge is 2.40. The molecule has 1 aromatic carbocycles. The van der Waals surface area contributed by atoms with Gasteiger partial charge in [-0.15, -0.1) is 0 Å². The average Bonchev–Trinajstić information content (AvgIpc) is 3.37. The van der Waals surface area contributed by atoms with Gasteiger partial charge >= 0.3 is 0 Å². The van der Waals surface area contributed by atoms with E-state index in [0.717, 1.165) is 39.8 Å². The number of hydrogen-bond donors (Lipinski definition) is 1. The van der Waals surface area contributed by atoms with E-state index in [2.05, 4.69) is 64.3 Å². The van der Waals surface area contributed by atoms with E-state index in [1.807, 2.05) is 30.3 Å². The number of fused-ring (bicyclic) bond motifs is 2. The lowest BCUT2D eigenvalue weighted by Gasteiger charge is -2.24. The summed E-state index contributed by atoms with van der Waals surface area (Å²) in [5.41, 5.74) is 3.59. The maximum Gasteiger partial charge on any atom is 0.222 e. The first-order valence-electron chi connectivity index (χ1n) is 11.6. The second kappa shape index (κ2) is 7.90. The Balaban J connectivity index is 1.17. The van der Waals surface area contributed by atoms with Crippen molar-refractivity contribution in [3.63, 3.8) is 0 Å². The minimum Gasteiger partial charge on any atom is -0.351 e. The molecule has 2 fully saturated rings. The molecule has 2 aliphatic rings. The summed E-state index contributed by atoms with van der Waals surface area (Å²) < 4.78 is 1.85. The monoisotopic (exact) mass is 418 g/mol.